The molecule has 0 unspecified atom stereocenters. The van der Waals surface area contributed by atoms with Crippen LogP contribution in [-0.2, 0) is 25.8 Å². The van der Waals surface area contributed by atoms with E-state index in [2.05, 4.69) is 43.0 Å². The molecular formula is C24H37NO4S. The van der Waals surface area contributed by atoms with Crippen LogP contribution < -0.4 is 4.90 Å². The zero-order valence-corrected chi connectivity index (χ0v) is 19.7. The third-order valence-corrected chi connectivity index (χ3v) is 8.96. The quantitative estimate of drug-likeness (QED) is 0.647. The Labute approximate surface area is 182 Å². The number of ketones is 1. The smallest absolute Gasteiger partial charge is 0.152 e. The first kappa shape index (κ1) is 23.3. The summed E-state index contributed by atoms with van der Waals surface area (Å²) >= 11 is 0. The van der Waals surface area contributed by atoms with E-state index >= 15 is 0 Å². The highest BCUT2D eigenvalue weighted by Gasteiger charge is 2.30. The minimum absolute atomic E-state index is 0.0728. The second-order valence-electron chi connectivity index (χ2n) is 9.57. The lowest BCUT2D eigenvalue weighted by molar-refractivity contribution is -0.123. The first-order valence-electron chi connectivity index (χ1n) is 11.4. The van der Waals surface area contributed by atoms with Crippen LogP contribution in [0.3, 0.4) is 0 Å². The summed E-state index contributed by atoms with van der Waals surface area (Å²) in [7, 11) is -3.00. The van der Waals surface area contributed by atoms with Gasteiger partial charge in [-0.25, -0.2) is 8.42 Å². The number of ether oxygens (including phenoxy) is 1. The molecule has 1 saturated heterocycles. The van der Waals surface area contributed by atoms with Crippen molar-refractivity contribution in [3.8, 4) is 0 Å². The van der Waals surface area contributed by atoms with E-state index in [4.69, 9.17) is 4.74 Å². The van der Waals surface area contributed by atoms with E-state index in [-0.39, 0.29) is 35.0 Å². The third kappa shape index (κ3) is 6.07. The topological polar surface area (TPSA) is 63.7 Å². The fraction of sp³-hybridized carbons (Fsp3) is 0.708. The van der Waals surface area contributed by atoms with Crippen molar-refractivity contribution < 1.29 is 17.9 Å². The normalized spacial score (nSPS) is 28.0. The first-order chi connectivity index (χ1) is 14.1. The van der Waals surface area contributed by atoms with Crippen molar-refractivity contribution in [2.45, 2.75) is 77.3 Å². The largest absolute Gasteiger partial charge is 0.372 e. The van der Waals surface area contributed by atoms with E-state index in [0.29, 0.717) is 12.2 Å². The van der Waals surface area contributed by atoms with E-state index in [1.54, 1.807) is 13.8 Å². The van der Waals surface area contributed by atoms with Crippen LogP contribution in [0.4, 0.5) is 5.69 Å². The summed E-state index contributed by atoms with van der Waals surface area (Å²) < 4.78 is 30.1. The summed E-state index contributed by atoms with van der Waals surface area (Å²) in [5.41, 5.74) is 2.24. The zero-order valence-electron chi connectivity index (χ0n) is 18.8. The number of anilines is 1. The number of carbonyl (C=O) groups is 1. The predicted octanol–water partition coefficient (Wildman–Crippen LogP) is 4.04. The molecule has 0 radical (unpaired) electrons. The molecule has 6 heteroatoms. The highest BCUT2D eigenvalue weighted by atomic mass is 32.2. The Morgan fingerprint density at radius 3 is 2.13 bits per heavy atom. The maximum atomic E-state index is 12.8. The van der Waals surface area contributed by atoms with E-state index in [1.165, 1.54) is 5.69 Å². The van der Waals surface area contributed by atoms with Gasteiger partial charge < -0.3 is 9.64 Å². The number of morpholine rings is 1. The number of nitrogens with zero attached hydrogens (tertiary/aromatic N) is 1. The van der Waals surface area contributed by atoms with Gasteiger partial charge in [0.2, 0.25) is 0 Å². The van der Waals surface area contributed by atoms with Crippen molar-refractivity contribution in [2.75, 3.05) is 23.7 Å². The number of hydrogen-bond donors (Lipinski definition) is 0. The Morgan fingerprint density at radius 1 is 1.03 bits per heavy atom. The summed E-state index contributed by atoms with van der Waals surface area (Å²) in [6.45, 7) is 9.47. The number of benzene rings is 1. The standard InChI is InChI=1S/C24H37NO4S/c1-17(2)30(27,28)16-21-5-9-22(10-6-21)24(26)13-20-7-11-23(12-8-20)25-14-18(3)29-19(4)15-25/h7-8,11-12,17-19,21-22H,5-6,9-10,13-16H2,1-4H3/t18-,19+,21?,22?. The van der Waals surface area contributed by atoms with Crippen LogP contribution in [0.2, 0.25) is 0 Å². The van der Waals surface area contributed by atoms with Gasteiger partial charge in [0, 0.05) is 31.1 Å². The lowest BCUT2D eigenvalue weighted by Crippen LogP contribution is -2.45. The molecule has 5 nitrogen and oxygen atoms in total. The maximum absolute atomic E-state index is 12.8. The Kier molecular flexibility index (Phi) is 7.61. The maximum Gasteiger partial charge on any atom is 0.152 e. The van der Waals surface area contributed by atoms with Crippen molar-refractivity contribution in [1.29, 1.82) is 0 Å². The Morgan fingerprint density at radius 2 is 1.60 bits per heavy atom. The summed E-state index contributed by atoms with van der Waals surface area (Å²) in [6.07, 6.45) is 4.23. The van der Waals surface area contributed by atoms with Gasteiger partial charge in [-0.15, -0.1) is 0 Å². The SMILES string of the molecule is CC(C)S(=O)(=O)CC1CCC(C(=O)Cc2ccc(N3C[C@@H](C)O[C@@H](C)C3)cc2)CC1. The molecule has 2 aliphatic rings. The summed E-state index contributed by atoms with van der Waals surface area (Å²) in [6, 6.07) is 8.36. The highest BCUT2D eigenvalue weighted by molar-refractivity contribution is 7.91. The molecule has 0 bridgehead atoms. The lowest BCUT2D eigenvalue weighted by atomic mass is 9.79. The highest BCUT2D eigenvalue weighted by Crippen LogP contribution is 2.32. The molecule has 3 rings (SSSR count). The van der Waals surface area contributed by atoms with Gasteiger partial charge >= 0.3 is 0 Å². The second kappa shape index (κ2) is 9.82. The third-order valence-electron chi connectivity index (χ3n) is 6.59. The van der Waals surface area contributed by atoms with E-state index in [1.807, 2.05) is 0 Å². The minimum Gasteiger partial charge on any atom is -0.372 e. The summed E-state index contributed by atoms with van der Waals surface area (Å²) in [5.74, 6) is 0.843. The van der Waals surface area contributed by atoms with E-state index in [9.17, 15) is 13.2 Å². The average molecular weight is 436 g/mol. The van der Waals surface area contributed by atoms with Crippen molar-refractivity contribution in [2.24, 2.45) is 11.8 Å². The molecule has 168 valence electrons. The van der Waals surface area contributed by atoms with Crippen molar-refractivity contribution in [3.05, 3.63) is 29.8 Å². The van der Waals surface area contributed by atoms with E-state index < -0.39 is 9.84 Å². The molecule has 2 fully saturated rings. The number of sulfone groups is 1. The molecule has 1 aromatic carbocycles. The second-order valence-corrected chi connectivity index (χ2v) is 12.2. The van der Waals surface area contributed by atoms with Crippen molar-refractivity contribution in [1.82, 2.24) is 0 Å². The van der Waals surface area contributed by atoms with Crippen LogP contribution in [0.25, 0.3) is 0 Å². The summed E-state index contributed by atoms with van der Waals surface area (Å²) in [4.78, 5) is 15.1. The molecule has 1 heterocycles. The summed E-state index contributed by atoms with van der Waals surface area (Å²) in [5, 5.41) is -0.316. The molecule has 1 aliphatic carbocycles. The Bertz CT molecular complexity index is 800. The van der Waals surface area contributed by atoms with Crippen LogP contribution in [0.15, 0.2) is 24.3 Å². The zero-order chi connectivity index (χ0) is 21.9. The van der Waals surface area contributed by atoms with Crippen LogP contribution >= 0.6 is 0 Å². The molecule has 1 aromatic rings. The number of carbonyl (C=O) groups excluding carboxylic acids is 1. The van der Waals surface area contributed by atoms with Crippen molar-refractivity contribution >= 4 is 21.3 Å². The lowest BCUT2D eigenvalue weighted by Gasteiger charge is -2.36. The van der Waals surface area contributed by atoms with Gasteiger partial charge in [-0.1, -0.05) is 12.1 Å². The number of Topliss-reactive ketones (excluding diaryl/α,β-unsaturated/α-hetero) is 1. The van der Waals surface area contributed by atoms with Gasteiger partial charge in [-0.05, 0) is 77.0 Å². The fourth-order valence-electron chi connectivity index (χ4n) is 4.73. The fourth-order valence-corrected chi connectivity index (χ4v) is 6.11. The predicted molar refractivity (Wildman–Crippen MR) is 122 cm³/mol. The van der Waals surface area contributed by atoms with Gasteiger partial charge in [0.1, 0.15) is 5.78 Å². The van der Waals surface area contributed by atoms with Crippen LogP contribution in [-0.4, -0.2) is 50.5 Å². The van der Waals surface area contributed by atoms with E-state index in [0.717, 1.165) is 44.3 Å². The van der Waals surface area contributed by atoms with Gasteiger partial charge in [0.25, 0.3) is 0 Å². The molecule has 0 aromatic heterocycles. The van der Waals surface area contributed by atoms with Crippen LogP contribution in [0.5, 0.6) is 0 Å². The molecule has 1 aliphatic heterocycles. The molecule has 0 amide bonds. The minimum atomic E-state index is -3.00. The van der Waals surface area contributed by atoms with Crippen LogP contribution in [0.1, 0.15) is 58.9 Å². The monoisotopic (exact) mass is 435 g/mol. The molecule has 0 spiro atoms. The molecule has 2 atom stereocenters. The molecular weight excluding hydrogens is 398 g/mol. The average Bonchev–Trinajstić information content (AvgIpc) is 2.68. The Hall–Kier alpha value is -1.40. The number of rotatable bonds is 7. The van der Waals surface area contributed by atoms with Gasteiger partial charge in [-0.3, -0.25) is 4.79 Å². The van der Waals surface area contributed by atoms with Crippen LogP contribution in [0, 0.1) is 11.8 Å². The molecule has 30 heavy (non-hydrogen) atoms. The van der Waals surface area contributed by atoms with Gasteiger partial charge in [-0.2, -0.15) is 0 Å². The van der Waals surface area contributed by atoms with Gasteiger partial charge in [0.05, 0.1) is 23.2 Å². The molecule has 0 N–H and O–H groups in total. The molecule has 1 saturated carbocycles. The number of hydrogen-bond acceptors (Lipinski definition) is 5. The first-order valence-corrected chi connectivity index (χ1v) is 13.1. The Balaban J connectivity index is 1.50. The van der Waals surface area contributed by atoms with Crippen molar-refractivity contribution in [3.63, 3.8) is 0 Å². The van der Waals surface area contributed by atoms with Gasteiger partial charge in [0.15, 0.2) is 9.84 Å².